The van der Waals surface area contributed by atoms with E-state index in [-0.39, 0.29) is 11.2 Å². The van der Waals surface area contributed by atoms with Gasteiger partial charge in [-0.3, -0.25) is 4.79 Å². The van der Waals surface area contributed by atoms with Crippen molar-refractivity contribution in [1.82, 2.24) is 0 Å². The van der Waals surface area contributed by atoms with Crippen molar-refractivity contribution in [1.29, 1.82) is 0 Å². The maximum atomic E-state index is 11.4. The zero-order valence-corrected chi connectivity index (χ0v) is 8.62. The zero-order chi connectivity index (χ0) is 8.81. The summed E-state index contributed by atoms with van der Waals surface area (Å²) in [4.78, 5) is 11.4. The molecule has 1 aliphatic rings. The Morgan fingerprint density at radius 1 is 1.42 bits per heavy atom. The minimum Gasteiger partial charge on any atom is -0.396 e. The van der Waals surface area contributed by atoms with Gasteiger partial charge in [-0.25, -0.2) is 0 Å². The van der Waals surface area contributed by atoms with Gasteiger partial charge in [0.25, 0.3) is 0 Å². The van der Waals surface area contributed by atoms with Gasteiger partial charge in [0, 0.05) is 13.0 Å². The number of aliphatic hydroxyl groups excluding tert-OH is 1. The Kier molecular flexibility index (Phi) is 5.11. The summed E-state index contributed by atoms with van der Waals surface area (Å²) in [6.45, 7) is 0.133. The van der Waals surface area contributed by atoms with Crippen LogP contribution in [0.15, 0.2) is 0 Å². The lowest BCUT2D eigenvalue weighted by Gasteiger charge is -2.19. The molecule has 0 saturated carbocycles. The minimum atomic E-state index is 0.133. The molecule has 1 N–H and O–H groups in total. The van der Waals surface area contributed by atoms with Gasteiger partial charge in [0.15, 0.2) is 5.78 Å². The molecule has 0 aliphatic carbocycles. The second kappa shape index (κ2) is 5.89. The molecule has 70 valence electrons. The van der Waals surface area contributed by atoms with Crippen molar-refractivity contribution in [2.24, 2.45) is 0 Å². The van der Waals surface area contributed by atoms with E-state index in [0.717, 1.165) is 11.5 Å². The molecule has 0 bridgehead atoms. The first-order valence-corrected chi connectivity index (χ1v) is 6.31. The maximum Gasteiger partial charge on any atom is 0.155 e. The van der Waals surface area contributed by atoms with E-state index in [2.05, 4.69) is 0 Å². The van der Waals surface area contributed by atoms with Crippen LogP contribution in [0.4, 0.5) is 0 Å². The molecular weight excluding hydrogens is 192 g/mol. The number of ketones is 1. The quantitative estimate of drug-likeness (QED) is 0.757. The normalized spacial score (nSPS) is 19.4. The van der Waals surface area contributed by atoms with E-state index >= 15 is 0 Å². The highest BCUT2D eigenvalue weighted by atomic mass is 32.2. The summed E-state index contributed by atoms with van der Waals surface area (Å²) in [5, 5.41) is 8.55. The number of hydrogen-bond acceptors (Lipinski definition) is 4. The molecule has 1 aliphatic heterocycles. The van der Waals surface area contributed by atoms with E-state index in [4.69, 9.17) is 5.11 Å². The van der Waals surface area contributed by atoms with E-state index in [9.17, 15) is 4.79 Å². The molecule has 1 rings (SSSR count). The van der Waals surface area contributed by atoms with Gasteiger partial charge >= 0.3 is 0 Å². The number of Topliss-reactive ketones (excluding diaryl/α,β-unsaturated/α-hetero) is 1. The zero-order valence-electron chi connectivity index (χ0n) is 6.99. The fraction of sp³-hybridized carbons (Fsp3) is 0.875. The fourth-order valence-electron chi connectivity index (χ4n) is 1.04. The van der Waals surface area contributed by atoms with E-state index in [1.54, 1.807) is 23.5 Å². The summed E-state index contributed by atoms with van der Waals surface area (Å²) in [6, 6.07) is 0. The predicted molar refractivity (Wildman–Crippen MR) is 54.6 cm³/mol. The second-order valence-corrected chi connectivity index (χ2v) is 5.44. The van der Waals surface area contributed by atoms with Crippen LogP contribution >= 0.6 is 23.5 Å². The van der Waals surface area contributed by atoms with E-state index in [0.29, 0.717) is 18.6 Å². The smallest absolute Gasteiger partial charge is 0.155 e. The highest BCUT2D eigenvalue weighted by molar-refractivity contribution is 8.18. The molecule has 0 aromatic heterocycles. The molecule has 2 nitrogen and oxygen atoms in total. The van der Waals surface area contributed by atoms with Crippen molar-refractivity contribution in [2.45, 2.75) is 23.8 Å². The molecule has 1 fully saturated rings. The molecule has 4 heteroatoms. The van der Waals surface area contributed by atoms with Crippen LogP contribution in [0.25, 0.3) is 0 Å². The molecule has 0 atom stereocenters. The Morgan fingerprint density at radius 2 is 2.08 bits per heavy atom. The van der Waals surface area contributed by atoms with Crippen LogP contribution in [0.2, 0.25) is 0 Å². The Bertz CT molecular complexity index is 144. The van der Waals surface area contributed by atoms with Gasteiger partial charge in [0.2, 0.25) is 0 Å². The third-order valence-corrected chi connectivity index (χ3v) is 4.67. The number of rotatable bonds is 4. The average Bonchev–Trinajstić information content (AvgIpc) is 2.15. The Labute approximate surface area is 81.5 Å². The summed E-state index contributed by atoms with van der Waals surface area (Å²) < 4.78 is 0.158. The van der Waals surface area contributed by atoms with Gasteiger partial charge in [-0.05, 0) is 24.3 Å². The number of carbonyl (C=O) groups is 1. The van der Waals surface area contributed by atoms with Crippen LogP contribution < -0.4 is 0 Å². The van der Waals surface area contributed by atoms with Crippen LogP contribution in [0.3, 0.4) is 0 Å². The lowest BCUT2D eigenvalue weighted by atomic mass is 10.2. The minimum absolute atomic E-state index is 0.133. The molecule has 0 radical (unpaired) electrons. The van der Waals surface area contributed by atoms with E-state index in [1.165, 1.54) is 6.42 Å². The van der Waals surface area contributed by atoms with Crippen molar-refractivity contribution in [3.05, 3.63) is 0 Å². The molecule has 0 spiro atoms. The number of hydrogen-bond donors (Lipinski definition) is 1. The number of thioether (sulfide) groups is 2. The van der Waals surface area contributed by atoms with Gasteiger partial charge in [0.05, 0.1) is 0 Å². The Balaban J connectivity index is 2.20. The number of carbonyl (C=O) groups excluding carboxylic acids is 1. The lowest BCUT2D eigenvalue weighted by molar-refractivity contribution is -0.117. The van der Waals surface area contributed by atoms with Crippen LogP contribution in [-0.2, 0) is 4.79 Å². The Hall–Kier alpha value is 0.330. The van der Waals surface area contributed by atoms with Crippen LogP contribution in [-0.4, -0.2) is 33.6 Å². The second-order valence-electron chi connectivity index (χ2n) is 2.72. The summed E-state index contributed by atoms with van der Waals surface area (Å²) in [7, 11) is 0. The molecule has 0 aromatic rings. The van der Waals surface area contributed by atoms with Crippen LogP contribution in [0.5, 0.6) is 0 Å². The van der Waals surface area contributed by atoms with Gasteiger partial charge in [-0.2, -0.15) is 0 Å². The first-order valence-electron chi connectivity index (χ1n) is 4.21. The summed E-state index contributed by atoms with van der Waals surface area (Å²) in [5.41, 5.74) is 0. The summed E-state index contributed by atoms with van der Waals surface area (Å²) in [5.74, 6) is 2.53. The number of aliphatic hydroxyl groups is 1. The SMILES string of the molecule is O=C(CCCO)C1SCCCS1. The van der Waals surface area contributed by atoms with Gasteiger partial charge < -0.3 is 5.11 Å². The highest BCUT2D eigenvalue weighted by Crippen LogP contribution is 2.31. The first kappa shape index (κ1) is 10.4. The fourth-order valence-corrected chi connectivity index (χ4v) is 3.85. The molecule has 1 heterocycles. The van der Waals surface area contributed by atoms with Gasteiger partial charge in [0.1, 0.15) is 4.58 Å². The molecule has 1 saturated heterocycles. The molecule has 0 aromatic carbocycles. The maximum absolute atomic E-state index is 11.4. The van der Waals surface area contributed by atoms with E-state index in [1.807, 2.05) is 0 Å². The van der Waals surface area contributed by atoms with E-state index < -0.39 is 0 Å². The monoisotopic (exact) mass is 206 g/mol. The van der Waals surface area contributed by atoms with Crippen molar-refractivity contribution >= 4 is 29.3 Å². The average molecular weight is 206 g/mol. The van der Waals surface area contributed by atoms with Crippen LogP contribution in [0, 0.1) is 0 Å². The van der Waals surface area contributed by atoms with Crippen molar-refractivity contribution in [3.63, 3.8) is 0 Å². The highest BCUT2D eigenvalue weighted by Gasteiger charge is 2.21. The molecule has 0 unspecified atom stereocenters. The lowest BCUT2D eigenvalue weighted by Crippen LogP contribution is -2.18. The molecule has 0 amide bonds. The third kappa shape index (κ3) is 3.37. The van der Waals surface area contributed by atoms with Crippen molar-refractivity contribution < 1.29 is 9.90 Å². The predicted octanol–water partition coefficient (Wildman–Crippen LogP) is 1.52. The van der Waals surface area contributed by atoms with Crippen molar-refractivity contribution in [3.8, 4) is 0 Å². The van der Waals surface area contributed by atoms with Crippen molar-refractivity contribution in [2.75, 3.05) is 18.1 Å². The molecule has 12 heavy (non-hydrogen) atoms. The first-order chi connectivity index (χ1) is 5.84. The topological polar surface area (TPSA) is 37.3 Å². The summed E-state index contributed by atoms with van der Waals surface area (Å²) in [6.07, 6.45) is 2.39. The van der Waals surface area contributed by atoms with Gasteiger partial charge in [-0.1, -0.05) is 0 Å². The Morgan fingerprint density at radius 3 is 2.67 bits per heavy atom. The van der Waals surface area contributed by atoms with Crippen LogP contribution in [0.1, 0.15) is 19.3 Å². The third-order valence-electron chi connectivity index (χ3n) is 1.67. The molecular formula is C8H14O2S2. The largest absolute Gasteiger partial charge is 0.396 e. The van der Waals surface area contributed by atoms with Gasteiger partial charge in [-0.15, -0.1) is 23.5 Å². The summed E-state index contributed by atoms with van der Waals surface area (Å²) >= 11 is 3.51. The standard InChI is InChI=1S/C8H14O2S2/c9-4-1-3-7(10)8-11-5-2-6-12-8/h8-9H,1-6H2.